The van der Waals surface area contributed by atoms with Gasteiger partial charge in [0.15, 0.2) is 5.65 Å². The number of fused-ring (bicyclic) bond motifs is 3. The van der Waals surface area contributed by atoms with Gasteiger partial charge >= 0.3 is 5.97 Å². The van der Waals surface area contributed by atoms with Crippen molar-refractivity contribution in [2.45, 2.75) is 62.7 Å². The fourth-order valence-corrected chi connectivity index (χ4v) is 4.51. The van der Waals surface area contributed by atoms with Crippen molar-refractivity contribution in [1.82, 2.24) is 14.6 Å². The summed E-state index contributed by atoms with van der Waals surface area (Å²) in [5.74, 6) is 1.14. The molecule has 6 nitrogen and oxygen atoms in total. The summed E-state index contributed by atoms with van der Waals surface area (Å²) in [5, 5.41) is 11.9. The summed E-state index contributed by atoms with van der Waals surface area (Å²) in [6, 6.07) is 8.11. The van der Waals surface area contributed by atoms with Crippen LogP contribution in [-0.2, 0) is 4.79 Å². The second-order valence-corrected chi connectivity index (χ2v) is 8.16. The number of ether oxygens (including phenoxy) is 1. The van der Waals surface area contributed by atoms with E-state index in [1.54, 1.807) is 18.9 Å². The Balaban J connectivity index is 1.39. The minimum atomic E-state index is -0.683. The van der Waals surface area contributed by atoms with Crippen LogP contribution >= 0.6 is 11.8 Å². The third kappa shape index (κ3) is 5.22. The SMILES string of the molecule is COc1[nH]n2c(nc3ccccc32)c1SCCCCCCCCCCC(=O)O. The Morgan fingerprint density at radius 3 is 2.50 bits per heavy atom. The zero-order chi connectivity index (χ0) is 19.8. The van der Waals surface area contributed by atoms with Crippen LogP contribution in [0.3, 0.4) is 0 Å². The molecule has 0 saturated heterocycles. The number of unbranched alkanes of at least 4 members (excludes halogenated alkanes) is 7. The maximum atomic E-state index is 10.5. The number of carboxylic acid groups (broad SMARTS) is 1. The molecular formula is C21H29N3O3S. The smallest absolute Gasteiger partial charge is 0.303 e. The largest absolute Gasteiger partial charge is 0.481 e. The van der Waals surface area contributed by atoms with Crippen LogP contribution in [0.4, 0.5) is 0 Å². The Bertz CT molecular complexity index is 903. The zero-order valence-electron chi connectivity index (χ0n) is 16.4. The molecule has 0 radical (unpaired) electrons. The molecule has 0 bridgehead atoms. The number of aromatic amines is 1. The van der Waals surface area contributed by atoms with Gasteiger partial charge in [0.25, 0.3) is 0 Å². The quantitative estimate of drug-likeness (QED) is 0.290. The number of para-hydroxylation sites is 2. The summed E-state index contributed by atoms with van der Waals surface area (Å²) >= 11 is 1.81. The maximum Gasteiger partial charge on any atom is 0.303 e. The molecule has 2 heterocycles. The molecule has 0 fully saturated rings. The number of H-pyrrole nitrogens is 1. The molecule has 28 heavy (non-hydrogen) atoms. The van der Waals surface area contributed by atoms with Gasteiger partial charge in [-0.15, -0.1) is 11.8 Å². The first-order valence-corrected chi connectivity index (χ1v) is 11.1. The van der Waals surface area contributed by atoms with Crippen LogP contribution in [0.25, 0.3) is 16.7 Å². The number of thioether (sulfide) groups is 1. The van der Waals surface area contributed by atoms with E-state index in [9.17, 15) is 4.79 Å². The first-order valence-electron chi connectivity index (χ1n) is 10.1. The van der Waals surface area contributed by atoms with Crippen LogP contribution in [0.1, 0.15) is 57.8 Å². The molecule has 3 aromatic rings. The maximum absolute atomic E-state index is 10.5. The summed E-state index contributed by atoms with van der Waals surface area (Å²) in [6.07, 6.45) is 9.37. The normalized spacial score (nSPS) is 11.5. The van der Waals surface area contributed by atoms with Crippen molar-refractivity contribution in [2.24, 2.45) is 0 Å². The number of nitrogens with zero attached hydrogens (tertiary/aromatic N) is 2. The molecule has 1 aromatic carbocycles. The fourth-order valence-electron chi connectivity index (χ4n) is 3.43. The van der Waals surface area contributed by atoms with Crippen molar-refractivity contribution >= 4 is 34.4 Å². The van der Waals surface area contributed by atoms with Gasteiger partial charge in [0, 0.05) is 6.42 Å². The van der Waals surface area contributed by atoms with Crippen molar-refractivity contribution < 1.29 is 14.6 Å². The number of hydrogen-bond donors (Lipinski definition) is 2. The van der Waals surface area contributed by atoms with Crippen LogP contribution < -0.4 is 4.74 Å². The molecule has 7 heteroatoms. The highest BCUT2D eigenvalue weighted by Crippen LogP contribution is 2.35. The number of benzene rings is 1. The summed E-state index contributed by atoms with van der Waals surface area (Å²) in [7, 11) is 1.69. The average molecular weight is 404 g/mol. The Morgan fingerprint density at radius 2 is 1.79 bits per heavy atom. The zero-order valence-corrected chi connectivity index (χ0v) is 17.3. The van der Waals surface area contributed by atoms with Crippen LogP contribution in [-0.4, -0.2) is 38.5 Å². The fraction of sp³-hybridized carbons (Fsp3) is 0.524. The van der Waals surface area contributed by atoms with Gasteiger partial charge in [-0.05, 0) is 30.7 Å². The minimum Gasteiger partial charge on any atom is -0.481 e. The van der Waals surface area contributed by atoms with E-state index in [4.69, 9.17) is 14.8 Å². The van der Waals surface area contributed by atoms with Crippen molar-refractivity contribution in [1.29, 1.82) is 0 Å². The Labute approximate surface area is 169 Å². The van der Waals surface area contributed by atoms with Crippen LogP contribution in [0.15, 0.2) is 29.2 Å². The van der Waals surface area contributed by atoms with Gasteiger partial charge in [0.1, 0.15) is 4.90 Å². The molecular weight excluding hydrogens is 374 g/mol. The summed E-state index contributed by atoms with van der Waals surface area (Å²) < 4.78 is 7.52. The number of methoxy groups -OCH3 is 1. The van der Waals surface area contributed by atoms with E-state index in [1.807, 2.05) is 22.7 Å². The molecule has 2 N–H and O–H groups in total. The number of imidazole rings is 1. The monoisotopic (exact) mass is 403 g/mol. The molecule has 0 aliphatic carbocycles. The van der Waals surface area contributed by atoms with Gasteiger partial charge in [-0.25, -0.2) is 9.50 Å². The van der Waals surface area contributed by atoms with Gasteiger partial charge in [-0.3, -0.25) is 9.89 Å². The van der Waals surface area contributed by atoms with E-state index in [1.165, 1.54) is 32.1 Å². The number of aliphatic carboxylic acids is 1. The highest BCUT2D eigenvalue weighted by atomic mass is 32.2. The van der Waals surface area contributed by atoms with E-state index in [0.29, 0.717) is 6.42 Å². The van der Waals surface area contributed by atoms with Gasteiger partial charge in [0.05, 0.1) is 18.1 Å². The summed E-state index contributed by atoms with van der Waals surface area (Å²) in [4.78, 5) is 16.3. The molecule has 0 unspecified atom stereocenters. The minimum absolute atomic E-state index is 0.305. The Morgan fingerprint density at radius 1 is 1.11 bits per heavy atom. The summed E-state index contributed by atoms with van der Waals surface area (Å²) in [6.45, 7) is 0. The average Bonchev–Trinajstić information content (AvgIpc) is 3.21. The van der Waals surface area contributed by atoms with Crippen molar-refractivity contribution in [3.63, 3.8) is 0 Å². The van der Waals surface area contributed by atoms with E-state index in [-0.39, 0.29) is 0 Å². The van der Waals surface area contributed by atoms with Crippen molar-refractivity contribution in [3.8, 4) is 5.88 Å². The van der Waals surface area contributed by atoms with Gasteiger partial charge in [0.2, 0.25) is 5.88 Å². The molecule has 0 saturated carbocycles. The van der Waals surface area contributed by atoms with E-state index >= 15 is 0 Å². The van der Waals surface area contributed by atoms with E-state index < -0.39 is 5.97 Å². The molecule has 0 aliphatic heterocycles. The highest BCUT2D eigenvalue weighted by Gasteiger charge is 2.17. The van der Waals surface area contributed by atoms with Crippen LogP contribution in [0.5, 0.6) is 5.88 Å². The number of carboxylic acids is 1. The standard InChI is InChI=1S/C21H29N3O3S/c1-27-21-19(20-22-16-12-9-10-13-17(16)24(20)23-21)28-15-11-7-5-3-2-4-6-8-14-18(25)26/h9-10,12-13,23H,2-8,11,14-15H2,1H3,(H,25,26). The van der Waals surface area contributed by atoms with Gasteiger partial charge in [-0.1, -0.05) is 50.7 Å². The van der Waals surface area contributed by atoms with Crippen molar-refractivity contribution in [3.05, 3.63) is 24.3 Å². The Kier molecular flexibility index (Phi) is 7.65. The predicted octanol–water partition coefficient (Wildman–Crippen LogP) is 5.51. The molecule has 0 aliphatic rings. The molecule has 0 spiro atoms. The highest BCUT2D eigenvalue weighted by molar-refractivity contribution is 7.99. The molecule has 0 atom stereocenters. The Hall–Kier alpha value is -2.15. The molecule has 152 valence electrons. The van der Waals surface area contributed by atoms with E-state index in [0.717, 1.165) is 52.5 Å². The van der Waals surface area contributed by atoms with Crippen LogP contribution in [0, 0.1) is 0 Å². The topological polar surface area (TPSA) is 79.6 Å². The number of hydrogen-bond acceptors (Lipinski definition) is 4. The molecule has 2 aromatic heterocycles. The third-order valence-corrected chi connectivity index (χ3v) is 6.07. The van der Waals surface area contributed by atoms with Crippen LogP contribution in [0.2, 0.25) is 0 Å². The van der Waals surface area contributed by atoms with Gasteiger partial charge in [-0.2, -0.15) is 0 Å². The van der Waals surface area contributed by atoms with Crippen molar-refractivity contribution in [2.75, 3.05) is 12.9 Å². The number of rotatable bonds is 13. The van der Waals surface area contributed by atoms with Gasteiger partial charge < -0.3 is 9.84 Å². The predicted molar refractivity (Wildman–Crippen MR) is 114 cm³/mol. The lowest BCUT2D eigenvalue weighted by Gasteiger charge is -2.03. The van der Waals surface area contributed by atoms with E-state index in [2.05, 4.69) is 11.2 Å². The second kappa shape index (κ2) is 10.4. The lowest BCUT2D eigenvalue weighted by molar-refractivity contribution is -0.137. The third-order valence-electron chi connectivity index (χ3n) is 4.92. The molecule has 3 rings (SSSR count). The summed E-state index contributed by atoms with van der Waals surface area (Å²) in [5.41, 5.74) is 2.98. The number of nitrogens with one attached hydrogen (secondary N) is 1. The number of carbonyl (C=O) groups is 1. The first kappa shape index (κ1) is 20.6. The first-order chi connectivity index (χ1) is 13.7. The number of aromatic nitrogens is 3. The lowest BCUT2D eigenvalue weighted by atomic mass is 10.1. The second-order valence-electron chi connectivity index (χ2n) is 7.05. The molecule has 0 amide bonds. The lowest BCUT2D eigenvalue weighted by Crippen LogP contribution is -1.93.